The van der Waals surface area contributed by atoms with E-state index in [-0.39, 0.29) is 18.4 Å². The van der Waals surface area contributed by atoms with Crippen LogP contribution in [0.25, 0.3) is 0 Å². The first-order valence-electron chi connectivity index (χ1n) is 5.61. The number of allylic oxidation sites excluding steroid dienone is 1. The normalized spacial score (nSPS) is 11.6. The van der Waals surface area contributed by atoms with Crippen molar-refractivity contribution in [1.29, 1.82) is 0 Å². The highest BCUT2D eigenvalue weighted by molar-refractivity contribution is 5.83. The highest BCUT2D eigenvalue weighted by Gasteiger charge is 2.16. The Bertz CT molecular complexity index is 238. The predicted octanol–water partition coefficient (Wildman–Crippen LogP) is 1.66. The van der Waals surface area contributed by atoms with Crippen LogP contribution in [-0.4, -0.2) is 25.5 Å². The zero-order chi connectivity index (χ0) is 12.4. The van der Waals surface area contributed by atoms with Crippen LogP contribution in [-0.2, 0) is 14.3 Å². The second-order valence-electron chi connectivity index (χ2n) is 3.66. The first-order valence-corrected chi connectivity index (χ1v) is 5.61. The van der Waals surface area contributed by atoms with Crippen LogP contribution in [0.3, 0.4) is 0 Å². The molecule has 0 aliphatic carbocycles. The van der Waals surface area contributed by atoms with Gasteiger partial charge in [0.05, 0.1) is 7.11 Å². The van der Waals surface area contributed by atoms with E-state index in [9.17, 15) is 9.59 Å². The van der Waals surface area contributed by atoms with E-state index >= 15 is 0 Å². The Labute approximate surface area is 97.1 Å². The standard InChI is InChI=1S/C12H21NO3/c1-4-6-8-10(7-5-2)12(15)13-9-11(14)16-3/h5,10H,2,4,6-9H2,1,3H3,(H,13,15). The lowest BCUT2D eigenvalue weighted by atomic mass is 9.97. The number of carbonyl (C=O) groups excluding carboxylic acids is 2. The van der Waals surface area contributed by atoms with Gasteiger partial charge in [-0.25, -0.2) is 0 Å². The van der Waals surface area contributed by atoms with E-state index in [1.165, 1.54) is 7.11 Å². The van der Waals surface area contributed by atoms with Crippen LogP contribution >= 0.6 is 0 Å². The summed E-state index contributed by atoms with van der Waals surface area (Å²) in [4.78, 5) is 22.5. The molecule has 0 spiro atoms. The first kappa shape index (κ1) is 14.7. The average molecular weight is 227 g/mol. The lowest BCUT2D eigenvalue weighted by Crippen LogP contribution is -2.35. The zero-order valence-corrected chi connectivity index (χ0v) is 10.1. The molecule has 1 unspecified atom stereocenters. The number of hydrogen-bond donors (Lipinski definition) is 1. The molecule has 16 heavy (non-hydrogen) atoms. The minimum atomic E-state index is -0.429. The number of unbranched alkanes of at least 4 members (excludes halogenated alkanes) is 1. The summed E-state index contributed by atoms with van der Waals surface area (Å²) < 4.78 is 4.45. The van der Waals surface area contributed by atoms with Crippen LogP contribution in [0.5, 0.6) is 0 Å². The SMILES string of the molecule is C=CCC(CCCC)C(=O)NCC(=O)OC. The van der Waals surface area contributed by atoms with Crippen molar-refractivity contribution in [2.45, 2.75) is 32.6 Å². The number of amides is 1. The second-order valence-corrected chi connectivity index (χ2v) is 3.66. The summed E-state index contributed by atoms with van der Waals surface area (Å²) in [5, 5.41) is 2.57. The van der Waals surface area contributed by atoms with E-state index in [4.69, 9.17) is 0 Å². The molecule has 0 aliphatic rings. The van der Waals surface area contributed by atoms with Crippen LogP contribution in [0.1, 0.15) is 32.6 Å². The van der Waals surface area contributed by atoms with E-state index < -0.39 is 5.97 Å². The fourth-order valence-corrected chi connectivity index (χ4v) is 1.38. The molecule has 0 fully saturated rings. The lowest BCUT2D eigenvalue weighted by Gasteiger charge is -2.14. The van der Waals surface area contributed by atoms with Crippen LogP contribution < -0.4 is 5.32 Å². The van der Waals surface area contributed by atoms with Crippen LogP contribution in [0, 0.1) is 5.92 Å². The molecule has 0 aromatic rings. The number of rotatable bonds is 8. The summed E-state index contributed by atoms with van der Waals surface area (Å²) in [5.74, 6) is -0.609. The molecule has 0 saturated heterocycles. The number of esters is 1. The Morgan fingerprint density at radius 2 is 2.19 bits per heavy atom. The van der Waals surface area contributed by atoms with Crippen molar-refractivity contribution in [3.05, 3.63) is 12.7 Å². The molecule has 4 heteroatoms. The molecule has 0 radical (unpaired) electrons. The summed E-state index contributed by atoms with van der Waals surface area (Å²) in [6.45, 7) is 5.65. The molecule has 92 valence electrons. The molecule has 0 bridgehead atoms. The fourth-order valence-electron chi connectivity index (χ4n) is 1.38. The van der Waals surface area contributed by atoms with E-state index in [1.807, 2.05) is 0 Å². The van der Waals surface area contributed by atoms with Gasteiger partial charge in [0.15, 0.2) is 0 Å². The Kier molecular flexibility index (Phi) is 8.21. The van der Waals surface area contributed by atoms with E-state index in [0.29, 0.717) is 6.42 Å². The average Bonchev–Trinajstić information content (AvgIpc) is 2.30. The number of hydrogen-bond acceptors (Lipinski definition) is 3. The molecule has 1 amide bonds. The van der Waals surface area contributed by atoms with Crippen molar-refractivity contribution in [3.8, 4) is 0 Å². The van der Waals surface area contributed by atoms with Crippen molar-refractivity contribution >= 4 is 11.9 Å². The van der Waals surface area contributed by atoms with E-state index in [1.54, 1.807) is 6.08 Å². The number of nitrogens with one attached hydrogen (secondary N) is 1. The molecule has 1 atom stereocenters. The molecule has 0 aromatic heterocycles. The zero-order valence-electron chi connectivity index (χ0n) is 10.1. The van der Waals surface area contributed by atoms with Gasteiger partial charge in [0.25, 0.3) is 0 Å². The maximum atomic E-state index is 11.7. The molecule has 4 nitrogen and oxygen atoms in total. The Morgan fingerprint density at radius 3 is 2.69 bits per heavy atom. The molecule has 1 N–H and O–H groups in total. The van der Waals surface area contributed by atoms with E-state index in [0.717, 1.165) is 19.3 Å². The second kappa shape index (κ2) is 8.95. The van der Waals surface area contributed by atoms with Crippen molar-refractivity contribution in [2.24, 2.45) is 5.92 Å². The molecule has 0 rings (SSSR count). The molecular weight excluding hydrogens is 206 g/mol. The number of methoxy groups -OCH3 is 1. The molecular formula is C12H21NO3. The fraction of sp³-hybridized carbons (Fsp3) is 0.667. The molecule has 0 aliphatic heterocycles. The topological polar surface area (TPSA) is 55.4 Å². The Hall–Kier alpha value is -1.32. The third-order valence-corrected chi connectivity index (χ3v) is 2.36. The monoisotopic (exact) mass is 227 g/mol. The van der Waals surface area contributed by atoms with Crippen molar-refractivity contribution in [2.75, 3.05) is 13.7 Å². The van der Waals surface area contributed by atoms with Gasteiger partial charge in [-0.2, -0.15) is 0 Å². The Balaban J connectivity index is 4.05. The minimum Gasteiger partial charge on any atom is -0.468 e. The number of carbonyl (C=O) groups is 2. The van der Waals surface area contributed by atoms with Gasteiger partial charge in [-0.1, -0.05) is 25.8 Å². The predicted molar refractivity (Wildman–Crippen MR) is 62.9 cm³/mol. The van der Waals surface area contributed by atoms with Gasteiger partial charge < -0.3 is 10.1 Å². The maximum Gasteiger partial charge on any atom is 0.325 e. The van der Waals surface area contributed by atoms with Gasteiger partial charge >= 0.3 is 5.97 Å². The quantitative estimate of drug-likeness (QED) is 0.507. The molecule has 0 saturated carbocycles. The van der Waals surface area contributed by atoms with Crippen LogP contribution in [0.4, 0.5) is 0 Å². The van der Waals surface area contributed by atoms with Gasteiger partial charge in [0, 0.05) is 5.92 Å². The summed E-state index contributed by atoms with van der Waals surface area (Å²) in [6, 6.07) is 0. The largest absolute Gasteiger partial charge is 0.468 e. The summed E-state index contributed by atoms with van der Waals surface area (Å²) in [7, 11) is 1.30. The summed E-state index contributed by atoms with van der Waals surface area (Å²) in [6.07, 6.45) is 5.27. The lowest BCUT2D eigenvalue weighted by molar-refractivity contribution is -0.141. The van der Waals surface area contributed by atoms with Crippen LogP contribution in [0.2, 0.25) is 0 Å². The third kappa shape index (κ3) is 6.22. The Morgan fingerprint density at radius 1 is 1.50 bits per heavy atom. The summed E-state index contributed by atoms with van der Waals surface area (Å²) >= 11 is 0. The van der Waals surface area contributed by atoms with Gasteiger partial charge in [-0.15, -0.1) is 6.58 Å². The van der Waals surface area contributed by atoms with Crippen molar-refractivity contribution in [3.63, 3.8) is 0 Å². The maximum absolute atomic E-state index is 11.7. The molecule has 0 heterocycles. The van der Waals surface area contributed by atoms with Gasteiger partial charge in [-0.3, -0.25) is 9.59 Å². The van der Waals surface area contributed by atoms with Gasteiger partial charge in [0.2, 0.25) is 5.91 Å². The highest BCUT2D eigenvalue weighted by atomic mass is 16.5. The van der Waals surface area contributed by atoms with Crippen molar-refractivity contribution in [1.82, 2.24) is 5.32 Å². The van der Waals surface area contributed by atoms with Crippen molar-refractivity contribution < 1.29 is 14.3 Å². The smallest absolute Gasteiger partial charge is 0.325 e. The molecule has 0 aromatic carbocycles. The van der Waals surface area contributed by atoms with E-state index in [2.05, 4.69) is 23.6 Å². The highest BCUT2D eigenvalue weighted by Crippen LogP contribution is 2.13. The van der Waals surface area contributed by atoms with Gasteiger partial charge in [0.1, 0.15) is 6.54 Å². The third-order valence-electron chi connectivity index (χ3n) is 2.36. The van der Waals surface area contributed by atoms with Gasteiger partial charge in [-0.05, 0) is 12.8 Å². The first-order chi connectivity index (χ1) is 7.65. The number of ether oxygens (including phenoxy) is 1. The minimum absolute atomic E-state index is 0.0604. The van der Waals surface area contributed by atoms with Crippen LogP contribution in [0.15, 0.2) is 12.7 Å². The summed E-state index contributed by atoms with van der Waals surface area (Å²) in [5.41, 5.74) is 0.